The summed E-state index contributed by atoms with van der Waals surface area (Å²) in [7, 11) is 1.55. The van der Waals surface area contributed by atoms with Crippen LogP contribution in [0.15, 0.2) is 47.3 Å². The van der Waals surface area contributed by atoms with Crippen LogP contribution < -0.4 is 5.56 Å². The molecule has 0 aliphatic rings. The van der Waals surface area contributed by atoms with E-state index in [1.165, 1.54) is 12.1 Å². The van der Waals surface area contributed by atoms with Gasteiger partial charge in [0, 0.05) is 25.8 Å². The summed E-state index contributed by atoms with van der Waals surface area (Å²) in [4.78, 5) is 43.5. The molecule has 3 aromatic rings. The third kappa shape index (κ3) is 4.89. The van der Waals surface area contributed by atoms with Gasteiger partial charge in [0.25, 0.3) is 17.2 Å². The van der Waals surface area contributed by atoms with Crippen molar-refractivity contribution in [2.75, 3.05) is 20.3 Å². The van der Waals surface area contributed by atoms with Crippen LogP contribution in [0.2, 0.25) is 5.02 Å². The lowest BCUT2D eigenvalue weighted by Gasteiger charge is -2.31. The van der Waals surface area contributed by atoms with Gasteiger partial charge >= 0.3 is 0 Å². The Kier molecular flexibility index (Phi) is 7.78. The Morgan fingerprint density at radius 3 is 2.61 bits per heavy atom. The maximum absolute atomic E-state index is 13.5. The molecule has 1 heterocycles. The molecule has 0 spiro atoms. The lowest BCUT2D eigenvalue weighted by atomic mass is 10.1. The smallest absolute Gasteiger partial charge is 0.270 e. The van der Waals surface area contributed by atoms with Crippen molar-refractivity contribution in [3.05, 3.63) is 79.3 Å². The van der Waals surface area contributed by atoms with Crippen molar-refractivity contribution < 1.29 is 14.5 Å². The number of nitrogens with zero attached hydrogens (tertiary/aromatic N) is 4. The highest BCUT2D eigenvalue weighted by atomic mass is 35.5. The Hall–Kier alpha value is -3.30. The van der Waals surface area contributed by atoms with Crippen molar-refractivity contribution >= 4 is 34.1 Å². The van der Waals surface area contributed by atoms with Crippen LogP contribution in [0, 0.1) is 10.1 Å². The molecule has 10 heteroatoms. The minimum Gasteiger partial charge on any atom is -0.383 e. The van der Waals surface area contributed by atoms with Crippen molar-refractivity contribution in [3.8, 4) is 0 Å². The van der Waals surface area contributed by atoms with E-state index in [1.54, 1.807) is 40.8 Å². The number of carbonyl (C=O) groups is 1. The normalized spacial score (nSPS) is 12.0. The Labute approximate surface area is 195 Å². The van der Waals surface area contributed by atoms with Crippen LogP contribution in [-0.4, -0.2) is 45.5 Å². The van der Waals surface area contributed by atoms with Crippen molar-refractivity contribution in [1.82, 2.24) is 14.5 Å². The van der Waals surface area contributed by atoms with Gasteiger partial charge < -0.3 is 9.64 Å². The van der Waals surface area contributed by atoms with E-state index >= 15 is 0 Å². The zero-order valence-electron chi connectivity index (χ0n) is 18.7. The first-order chi connectivity index (χ1) is 15.8. The molecule has 174 valence electrons. The first-order valence-electron chi connectivity index (χ1n) is 10.6. The second-order valence-corrected chi connectivity index (χ2v) is 7.78. The van der Waals surface area contributed by atoms with E-state index in [4.69, 9.17) is 21.3 Å². The van der Waals surface area contributed by atoms with Crippen LogP contribution in [0.4, 0.5) is 5.69 Å². The molecular formula is C23H25ClN4O5. The number of carbonyl (C=O) groups excluding carboxylic acids is 1. The Bertz CT molecular complexity index is 1240. The number of benzene rings is 2. The minimum atomic E-state index is -0.569. The van der Waals surface area contributed by atoms with Gasteiger partial charge in [0.05, 0.1) is 45.6 Å². The topological polar surface area (TPSA) is 108 Å². The molecule has 1 unspecified atom stereocenters. The SMILES string of the molecule is CCC(c1nc2ccccc2c(=O)n1CCOC)N(CC)C(=O)c1ccc([N+](=O)[O-])cc1Cl. The highest BCUT2D eigenvalue weighted by molar-refractivity contribution is 6.34. The molecule has 1 aromatic heterocycles. The third-order valence-corrected chi connectivity index (χ3v) is 5.78. The molecule has 0 radical (unpaired) electrons. The number of fused-ring (bicyclic) bond motifs is 1. The van der Waals surface area contributed by atoms with Gasteiger partial charge in [-0.3, -0.25) is 24.3 Å². The van der Waals surface area contributed by atoms with Crippen molar-refractivity contribution in [2.24, 2.45) is 0 Å². The molecule has 0 saturated heterocycles. The zero-order chi connectivity index (χ0) is 24.1. The van der Waals surface area contributed by atoms with Crippen molar-refractivity contribution in [2.45, 2.75) is 32.9 Å². The van der Waals surface area contributed by atoms with Crippen LogP contribution in [0.5, 0.6) is 0 Å². The molecular weight excluding hydrogens is 448 g/mol. The molecule has 2 aromatic carbocycles. The van der Waals surface area contributed by atoms with Crippen LogP contribution in [0.25, 0.3) is 10.9 Å². The maximum atomic E-state index is 13.5. The summed E-state index contributed by atoms with van der Waals surface area (Å²) < 4.78 is 6.74. The van der Waals surface area contributed by atoms with Gasteiger partial charge in [0.1, 0.15) is 5.82 Å². The van der Waals surface area contributed by atoms with Crippen molar-refractivity contribution in [1.29, 1.82) is 0 Å². The summed E-state index contributed by atoms with van der Waals surface area (Å²) in [6.45, 7) is 4.62. The molecule has 1 amide bonds. The summed E-state index contributed by atoms with van der Waals surface area (Å²) in [6.07, 6.45) is 0.488. The number of aromatic nitrogens is 2. The van der Waals surface area contributed by atoms with Crippen molar-refractivity contribution in [3.63, 3.8) is 0 Å². The Morgan fingerprint density at radius 2 is 2.00 bits per heavy atom. The number of hydrogen-bond donors (Lipinski definition) is 0. The first kappa shape index (κ1) is 24.3. The average Bonchev–Trinajstić information content (AvgIpc) is 2.81. The summed E-state index contributed by atoms with van der Waals surface area (Å²) in [5.74, 6) is 0.0523. The highest BCUT2D eigenvalue weighted by Gasteiger charge is 2.29. The number of hydrogen-bond acceptors (Lipinski definition) is 6. The lowest BCUT2D eigenvalue weighted by Crippen LogP contribution is -2.39. The van der Waals surface area contributed by atoms with E-state index in [1.807, 2.05) is 13.8 Å². The number of nitro groups is 1. The molecule has 0 bridgehead atoms. The molecule has 0 aliphatic heterocycles. The van der Waals surface area contributed by atoms with Crippen LogP contribution in [-0.2, 0) is 11.3 Å². The second kappa shape index (κ2) is 10.5. The standard InChI is InChI=1S/C23H25ClN4O5/c1-4-20(26(5-2)22(29)16-11-10-15(28(31)32)14-18(16)24)21-25-19-9-7-6-8-17(19)23(30)27(21)12-13-33-3/h6-11,14,20H,4-5,12-13H2,1-3H3. The number of halogens is 1. The molecule has 33 heavy (non-hydrogen) atoms. The number of non-ortho nitro benzene ring substituents is 1. The fourth-order valence-electron chi connectivity index (χ4n) is 3.83. The van der Waals surface area contributed by atoms with E-state index < -0.39 is 16.9 Å². The molecule has 0 fully saturated rings. The summed E-state index contributed by atoms with van der Waals surface area (Å²) in [5.41, 5.74) is 0.287. The number of nitro benzene ring substituents is 1. The van der Waals surface area contributed by atoms with Gasteiger partial charge in [-0.15, -0.1) is 0 Å². The van der Waals surface area contributed by atoms with E-state index in [0.29, 0.717) is 36.3 Å². The summed E-state index contributed by atoms with van der Waals surface area (Å²) >= 11 is 6.23. The Balaban J connectivity index is 2.12. The van der Waals surface area contributed by atoms with E-state index in [-0.39, 0.29) is 28.4 Å². The van der Waals surface area contributed by atoms with E-state index in [9.17, 15) is 19.7 Å². The third-order valence-electron chi connectivity index (χ3n) is 5.47. The van der Waals surface area contributed by atoms with Gasteiger partial charge in [0.15, 0.2) is 0 Å². The number of rotatable bonds is 9. The molecule has 0 aliphatic carbocycles. The molecule has 0 N–H and O–H groups in total. The van der Waals surface area contributed by atoms with Gasteiger partial charge in [-0.1, -0.05) is 30.7 Å². The molecule has 0 saturated carbocycles. The van der Waals surface area contributed by atoms with E-state index in [0.717, 1.165) is 6.07 Å². The number of para-hydroxylation sites is 1. The number of ether oxygens (including phenoxy) is 1. The van der Waals surface area contributed by atoms with Gasteiger partial charge in [-0.25, -0.2) is 4.98 Å². The fraction of sp³-hybridized carbons (Fsp3) is 0.348. The largest absolute Gasteiger partial charge is 0.383 e. The summed E-state index contributed by atoms with van der Waals surface area (Å²) in [6, 6.07) is 10.3. The maximum Gasteiger partial charge on any atom is 0.270 e. The van der Waals surface area contributed by atoms with Crippen LogP contribution in [0.1, 0.15) is 42.5 Å². The predicted molar refractivity (Wildman–Crippen MR) is 126 cm³/mol. The summed E-state index contributed by atoms with van der Waals surface area (Å²) in [5, 5.41) is 11.5. The minimum absolute atomic E-state index is 0.00857. The molecule has 1 atom stereocenters. The second-order valence-electron chi connectivity index (χ2n) is 7.37. The van der Waals surface area contributed by atoms with Crippen LogP contribution >= 0.6 is 11.6 Å². The van der Waals surface area contributed by atoms with Gasteiger partial charge in [0.2, 0.25) is 0 Å². The number of methoxy groups -OCH3 is 1. The Morgan fingerprint density at radius 1 is 1.27 bits per heavy atom. The number of amides is 1. The molecule has 3 rings (SSSR count). The highest BCUT2D eigenvalue weighted by Crippen LogP contribution is 2.29. The fourth-order valence-corrected chi connectivity index (χ4v) is 4.09. The van der Waals surface area contributed by atoms with Crippen LogP contribution in [0.3, 0.4) is 0 Å². The predicted octanol–water partition coefficient (Wildman–Crippen LogP) is 4.22. The monoisotopic (exact) mass is 472 g/mol. The zero-order valence-corrected chi connectivity index (χ0v) is 19.4. The quantitative estimate of drug-likeness (QED) is 0.341. The van der Waals surface area contributed by atoms with Gasteiger partial charge in [-0.05, 0) is 31.5 Å². The lowest BCUT2D eigenvalue weighted by molar-refractivity contribution is -0.384. The van der Waals surface area contributed by atoms with Gasteiger partial charge in [-0.2, -0.15) is 0 Å². The average molecular weight is 473 g/mol. The first-order valence-corrected chi connectivity index (χ1v) is 10.9. The van der Waals surface area contributed by atoms with E-state index in [2.05, 4.69) is 0 Å². The molecule has 9 nitrogen and oxygen atoms in total.